The molecule has 0 radical (unpaired) electrons. The largest absolute Gasteiger partial charge is 0.375 e. The highest BCUT2D eigenvalue weighted by atomic mass is 79.9. The molecule has 0 heterocycles. The molecule has 21 heavy (non-hydrogen) atoms. The smallest absolute Gasteiger partial charge is 0.243 e. The second-order valence-corrected chi connectivity index (χ2v) is 6.19. The van der Waals surface area contributed by atoms with Crippen molar-refractivity contribution in [2.24, 2.45) is 0 Å². The Morgan fingerprint density at radius 2 is 1.95 bits per heavy atom. The molecule has 0 saturated heterocycles. The molecule has 0 spiro atoms. The maximum atomic E-state index is 11.9. The van der Waals surface area contributed by atoms with Gasteiger partial charge in [0.15, 0.2) is 0 Å². The summed E-state index contributed by atoms with van der Waals surface area (Å²) in [4.78, 5) is 11.9. The molecule has 3 nitrogen and oxygen atoms in total. The van der Waals surface area contributed by atoms with Crippen LogP contribution in [-0.2, 0) is 4.79 Å². The van der Waals surface area contributed by atoms with E-state index in [1.807, 2.05) is 25.1 Å². The minimum absolute atomic E-state index is 0.103. The summed E-state index contributed by atoms with van der Waals surface area (Å²) in [5.74, 6) is -0.165. The van der Waals surface area contributed by atoms with Crippen LogP contribution in [0.15, 0.2) is 40.9 Å². The van der Waals surface area contributed by atoms with Crippen LogP contribution in [0.1, 0.15) is 5.56 Å². The highest BCUT2D eigenvalue weighted by molar-refractivity contribution is 9.10. The maximum Gasteiger partial charge on any atom is 0.243 e. The second-order valence-electron chi connectivity index (χ2n) is 4.49. The lowest BCUT2D eigenvalue weighted by molar-refractivity contribution is -0.114. The number of rotatable bonds is 4. The van der Waals surface area contributed by atoms with Crippen molar-refractivity contribution >= 4 is 56.4 Å². The minimum atomic E-state index is -0.165. The third-order valence-corrected chi connectivity index (χ3v) is 4.24. The number of hydrogen-bond acceptors (Lipinski definition) is 2. The molecule has 0 fully saturated rings. The second kappa shape index (κ2) is 7.16. The molecular weight excluding hydrogens is 375 g/mol. The van der Waals surface area contributed by atoms with Crippen molar-refractivity contribution in [1.29, 1.82) is 0 Å². The average molecular weight is 388 g/mol. The highest BCUT2D eigenvalue weighted by Crippen LogP contribution is 2.25. The van der Waals surface area contributed by atoms with Crippen LogP contribution in [-0.4, -0.2) is 12.5 Å². The molecule has 1 amide bonds. The zero-order chi connectivity index (χ0) is 15.4. The Labute approximate surface area is 141 Å². The summed E-state index contributed by atoms with van der Waals surface area (Å²) in [6, 6.07) is 10.7. The van der Waals surface area contributed by atoms with E-state index in [4.69, 9.17) is 23.2 Å². The summed E-state index contributed by atoms with van der Waals surface area (Å²) < 4.78 is 0.950. The number of nitrogens with one attached hydrogen (secondary N) is 2. The Balaban J connectivity index is 1.95. The molecule has 0 bridgehead atoms. The Hall–Kier alpha value is -1.23. The van der Waals surface area contributed by atoms with Gasteiger partial charge in [-0.3, -0.25) is 4.79 Å². The first-order chi connectivity index (χ1) is 9.95. The molecule has 0 aliphatic carbocycles. The van der Waals surface area contributed by atoms with E-state index in [0.717, 1.165) is 15.7 Å². The summed E-state index contributed by atoms with van der Waals surface area (Å²) in [6.45, 7) is 2.09. The average Bonchev–Trinajstić information content (AvgIpc) is 2.44. The van der Waals surface area contributed by atoms with E-state index >= 15 is 0 Å². The molecule has 0 unspecified atom stereocenters. The fourth-order valence-electron chi connectivity index (χ4n) is 1.68. The monoisotopic (exact) mass is 386 g/mol. The molecule has 2 aromatic carbocycles. The molecular formula is C15H13BrCl2N2O. The fraction of sp³-hybridized carbons (Fsp3) is 0.133. The fourth-order valence-corrected chi connectivity index (χ4v) is 2.42. The van der Waals surface area contributed by atoms with Gasteiger partial charge >= 0.3 is 0 Å². The normalized spacial score (nSPS) is 10.3. The summed E-state index contributed by atoms with van der Waals surface area (Å²) in [6.07, 6.45) is 0. The first-order valence-electron chi connectivity index (χ1n) is 6.20. The quantitative estimate of drug-likeness (QED) is 0.764. The SMILES string of the molecule is Cc1ccc(NC(=O)CNc2cc(Cl)ccc2Cl)cc1Br. The van der Waals surface area contributed by atoms with Crippen molar-refractivity contribution in [1.82, 2.24) is 0 Å². The van der Waals surface area contributed by atoms with Crippen LogP contribution in [0.25, 0.3) is 0 Å². The van der Waals surface area contributed by atoms with Gasteiger partial charge in [0.25, 0.3) is 0 Å². The molecule has 0 saturated carbocycles. The highest BCUT2D eigenvalue weighted by Gasteiger charge is 2.06. The van der Waals surface area contributed by atoms with E-state index in [2.05, 4.69) is 26.6 Å². The molecule has 0 aliphatic heterocycles. The van der Waals surface area contributed by atoms with E-state index in [1.54, 1.807) is 18.2 Å². The number of aryl methyl sites for hydroxylation is 1. The Morgan fingerprint density at radius 1 is 1.19 bits per heavy atom. The molecule has 110 valence electrons. The molecule has 2 aromatic rings. The third-order valence-electron chi connectivity index (χ3n) is 2.82. The summed E-state index contributed by atoms with van der Waals surface area (Å²) in [5.41, 5.74) is 2.47. The van der Waals surface area contributed by atoms with Gasteiger partial charge in [-0.15, -0.1) is 0 Å². The Kier molecular flexibility index (Phi) is 5.51. The molecule has 6 heteroatoms. The van der Waals surface area contributed by atoms with E-state index in [1.165, 1.54) is 0 Å². The molecule has 2 rings (SSSR count). The lowest BCUT2D eigenvalue weighted by atomic mass is 10.2. The van der Waals surface area contributed by atoms with Crippen LogP contribution in [0.5, 0.6) is 0 Å². The van der Waals surface area contributed by atoms with E-state index in [0.29, 0.717) is 15.7 Å². The molecule has 0 aliphatic rings. The predicted octanol–water partition coefficient (Wildman–Crippen LogP) is 5.11. The first kappa shape index (κ1) is 16.1. The zero-order valence-electron chi connectivity index (χ0n) is 11.2. The standard InChI is InChI=1S/C15H13BrCl2N2O/c1-9-2-4-11(7-12(9)16)20-15(21)8-19-14-6-10(17)3-5-13(14)18/h2-7,19H,8H2,1H3,(H,20,21). The van der Waals surface area contributed by atoms with Crippen LogP contribution >= 0.6 is 39.1 Å². The van der Waals surface area contributed by atoms with Crippen molar-refractivity contribution in [3.05, 3.63) is 56.5 Å². The predicted molar refractivity (Wildman–Crippen MR) is 92.5 cm³/mol. The zero-order valence-corrected chi connectivity index (χ0v) is 14.3. The number of hydrogen-bond donors (Lipinski definition) is 2. The van der Waals surface area contributed by atoms with Crippen LogP contribution in [0.3, 0.4) is 0 Å². The third kappa shape index (κ3) is 4.63. The van der Waals surface area contributed by atoms with Crippen molar-refractivity contribution in [2.75, 3.05) is 17.2 Å². The maximum absolute atomic E-state index is 11.9. The van der Waals surface area contributed by atoms with Gasteiger partial charge in [-0.2, -0.15) is 0 Å². The van der Waals surface area contributed by atoms with Crippen LogP contribution < -0.4 is 10.6 Å². The van der Waals surface area contributed by atoms with Gasteiger partial charge in [0.1, 0.15) is 0 Å². The lowest BCUT2D eigenvalue weighted by Gasteiger charge is -2.10. The number of carbonyl (C=O) groups is 1. The lowest BCUT2D eigenvalue weighted by Crippen LogP contribution is -2.21. The summed E-state index contributed by atoms with van der Waals surface area (Å²) >= 11 is 15.3. The van der Waals surface area contributed by atoms with Crippen molar-refractivity contribution in [3.63, 3.8) is 0 Å². The van der Waals surface area contributed by atoms with Crippen molar-refractivity contribution < 1.29 is 4.79 Å². The molecule has 2 N–H and O–H groups in total. The van der Waals surface area contributed by atoms with Gasteiger partial charge in [0, 0.05) is 15.2 Å². The number of anilines is 2. The molecule has 0 atom stereocenters. The van der Waals surface area contributed by atoms with Gasteiger partial charge in [0.05, 0.1) is 17.3 Å². The number of halogens is 3. The number of amides is 1. The van der Waals surface area contributed by atoms with Gasteiger partial charge in [0.2, 0.25) is 5.91 Å². The van der Waals surface area contributed by atoms with Crippen molar-refractivity contribution in [2.45, 2.75) is 6.92 Å². The van der Waals surface area contributed by atoms with Gasteiger partial charge in [-0.25, -0.2) is 0 Å². The topological polar surface area (TPSA) is 41.1 Å². The number of carbonyl (C=O) groups excluding carboxylic acids is 1. The number of benzene rings is 2. The first-order valence-corrected chi connectivity index (χ1v) is 7.75. The van der Waals surface area contributed by atoms with Gasteiger partial charge < -0.3 is 10.6 Å². The van der Waals surface area contributed by atoms with Crippen LogP contribution in [0, 0.1) is 6.92 Å². The molecule has 0 aromatic heterocycles. The van der Waals surface area contributed by atoms with Gasteiger partial charge in [-0.05, 0) is 42.8 Å². The Bertz CT molecular complexity index is 677. The van der Waals surface area contributed by atoms with Crippen LogP contribution in [0.2, 0.25) is 10.0 Å². The minimum Gasteiger partial charge on any atom is -0.375 e. The van der Waals surface area contributed by atoms with E-state index in [-0.39, 0.29) is 12.5 Å². The van der Waals surface area contributed by atoms with E-state index in [9.17, 15) is 4.79 Å². The van der Waals surface area contributed by atoms with Crippen LogP contribution in [0.4, 0.5) is 11.4 Å². The Morgan fingerprint density at radius 3 is 2.67 bits per heavy atom. The van der Waals surface area contributed by atoms with E-state index < -0.39 is 0 Å². The summed E-state index contributed by atoms with van der Waals surface area (Å²) in [5, 5.41) is 6.85. The van der Waals surface area contributed by atoms with Crippen molar-refractivity contribution in [3.8, 4) is 0 Å². The summed E-state index contributed by atoms with van der Waals surface area (Å²) in [7, 11) is 0. The van der Waals surface area contributed by atoms with Gasteiger partial charge in [-0.1, -0.05) is 45.2 Å².